The minimum absolute atomic E-state index is 0.0741. The van der Waals surface area contributed by atoms with Crippen molar-refractivity contribution in [2.24, 2.45) is 0 Å². The molecule has 5 heteroatoms. The van der Waals surface area contributed by atoms with Gasteiger partial charge in [0.25, 0.3) is 0 Å². The third-order valence-corrected chi connectivity index (χ3v) is 2.23. The number of rotatable bonds is 4. The summed E-state index contributed by atoms with van der Waals surface area (Å²) in [7, 11) is 1.76. The second-order valence-corrected chi connectivity index (χ2v) is 3.68. The van der Waals surface area contributed by atoms with E-state index in [0.29, 0.717) is 0 Å². The maximum absolute atomic E-state index is 11.9. The average molecular weight is 245 g/mol. The molecule has 1 aromatic rings. The highest BCUT2D eigenvalue weighted by Crippen LogP contribution is 2.26. The molecule has 0 aliphatic heterocycles. The van der Waals surface area contributed by atoms with Crippen LogP contribution in [0.25, 0.3) is 0 Å². The van der Waals surface area contributed by atoms with Crippen LogP contribution in [0, 0.1) is 0 Å². The van der Waals surface area contributed by atoms with E-state index in [2.05, 4.69) is 16.6 Å². The smallest absolute Gasteiger partial charge is 0.406 e. The maximum Gasteiger partial charge on any atom is 0.573 e. The minimum Gasteiger partial charge on any atom is -0.406 e. The van der Waals surface area contributed by atoms with E-state index in [4.69, 9.17) is 0 Å². The second kappa shape index (κ2) is 5.23. The molecule has 1 N–H and O–H groups in total. The summed E-state index contributed by atoms with van der Waals surface area (Å²) >= 11 is 0. The fourth-order valence-electron chi connectivity index (χ4n) is 1.56. The first-order chi connectivity index (χ1) is 7.83. The van der Waals surface area contributed by atoms with Crippen LogP contribution in [0.1, 0.15) is 18.5 Å². The molecule has 0 amide bonds. The van der Waals surface area contributed by atoms with Crippen LogP contribution in [-0.4, -0.2) is 13.4 Å². The molecule has 1 rings (SSSR count). The van der Waals surface area contributed by atoms with Gasteiger partial charge in [0, 0.05) is 0 Å². The van der Waals surface area contributed by atoms with Gasteiger partial charge in [0.1, 0.15) is 5.75 Å². The first-order valence-electron chi connectivity index (χ1n) is 5.02. The number of alkyl halides is 3. The number of hydrogen-bond donors (Lipinski definition) is 1. The van der Waals surface area contributed by atoms with Crippen LogP contribution in [0.2, 0.25) is 0 Å². The van der Waals surface area contributed by atoms with Crippen LogP contribution in [-0.2, 0) is 0 Å². The van der Waals surface area contributed by atoms with Crippen LogP contribution < -0.4 is 10.1 Å². The Labute approximate surface area is 98.1 Å². The standard InChI is InChI=1S/C12H14F3NO/c1-8(2)11(16-3)9-4-6-10(7-5-9)17-12(13,14)15/h4-7,11,16H,1H2,2-3H3. The molecule has 1 aromatic carbocycles. The molecule has 1 atom stereocenters. The van der Waals surface area contributed by atoms with Gasteiger partial charge in [-0.25, -0.2) is 0 Å². The zero-order valence-corrected chi connectivity index (χ0v) is 9.64. The molecule has 0 aromatic heterocycles. The second-order valence-electron chi connectivity index (χ2n) is 3.68. The highest BCUT2D eigenvalue weighted by molar-refractivity contribution is 5.32. The van der Waals surface area contributed by atoms with E-state index in [9.17, 15) is 13.2 Å². The highest BCUT2D eigenvalue weighted by Gasteiger charge is 2.31. The summed E-state index contributed by atoms with van der Waals surface area (Å²) in [4.78, 5) is 0. The predicted molar refractivity (Wildman–Crippen MR) is 59.7 cm³/mol. The van der Waals surface area contributed by atoms with Gasteiger partial charge in [-0.3, -0.25) is 0 Å². The van der Waals surface area contributed by atoms with Crippen molar-refractivity contribution in [1.82, 2.24) is 5.32 Å². The molecular formula is C12H14F3NO. The van der Waals surface area contributed by atoms with E-state index >= 15 is 0 Å². The van der Waals surface area contributed by atoms with Crippen molar-refractivity contribution in [3.05, 3.63) is 42.0 Å². The summed E-state index contributed by atoms with van der Waals surface area (Å²) in [5, 5.41) is 3.02. The Morgan fingerprint density at radius 3 is 2.18 bits per heavy atom. The van der Waals surface area contributed by atoms with E-state index in [1.54, 1.807) is 19.2 Å². The molecule has 0 saturated heterocycles. The fourth-order valence-corrected chi connectivity index (χ4v) is 1.56. The molecule has 94 valence electrons. The first kappa shape index (κ1) is 13.6. The van der Waals surface area contributed by atoms with Crippen molar-refractivity contribution in [1.29, 1.82) is 0 Å². The Morgan fingerprint density at radius 1 is 1.29 bits per heavy atom. The van der Waals surface area contributed by atoms with Crippen molar-refractivity contribution in [2.45, 2.75) is 19.3 Å². The van der Waals surface area contributed by atoms with Crippen molar-refractivity contribution < 1.29 is 17.9 Å². The molecule has 1 unspecified atom stereocenters. The molecular weight excluding hydrogens is 231 g/mol. The average Bonchev–Trinajstić information content (AvgIpc) is 2.18. The van der Waals surface area contributed by atoms with Crippen LogP contribution in [0.3, 0.4) is 0 Å². The van der Waals surface area contributed by atoms with Gasteiger partial charge >= 0.3 is 6.36 Å². The summed E-state index contributed by atoms with van der Waals surface area (Å²) in [6, 6.07) is 5.66. The lowest BCUT2D eigenvalue weighted by Crippen LogP contribution is -2.18. The highest BCUT2D eigenvalue weighted by atomic mass is 19.4. The molecule has 0 saturated carbocycles. The van der Waals surface area contributed by atoms with E-state index in [1.807, 2.05) is 6.92 Å². The molecule has 0 aliphatic rings. The SMILES string of the molecule is C=C(C)C(NC)c1ccc(OC(F)(F)F)cc1. The molecule has 17 heavy (non-hydrogen) atoms. The van der Waals surface area contributed by atoms with Gasteiger partial charge in [-0.15, -0.1) is 13.2 Å². The number of halogens is 3. The molecule has 2 nitrogen and oxygen atoms in total. The number of likely N-dealkylation sites (N-methyl/N-ethyl adjacent to an activating group) is 1. The van der Waals surface area contributed by atoms with Crippen LogP contribution >= 0.6 is 0 Å². The lowest BCUT2D eigenvalue weighted by molar-refractivity contribution is -0.274. The summed E-state index contributed by atoms with van der Waals surface area (Å²) in [5.41, 5.74) is 1.73. The number of ether oxygens (including phenoxy) is 1. The van der Waals surface area contributed by atoms with Gasteiger partial charge in [-0.2, -0.15) is 0 Å². The Bertz CT molecular complexity index is 384. The number of benzene rings is 1. The first-order valence-corrected chi connectivity index (χ1v) is 5.02. The van der Waals surface area contributed by atoms with Crippen molar-refractivity contribution in [3.8, 4) is 5.75 Å². The topological polar surface area (TPSA) is 21.3 Å². The molecule has 0 heterocycles. The Kier molecular flexibility index (Phi) is 4.17. The molecule has 0 spiro atoms. The van der Waals surface area contributed by atoms with Gasteiger partial charge in [0.15, 0.2) is 0 Å². The van der Waals surface area contributed by atoms with Gasteiger partial charge in [0.2, 0.25) is 0 Å². The normalized spacial score (nSPS) is 13.2. The zero-order valence-electron chi connectivity index (χ0n) is 9.64. The largest absolute Gasteiger partial charge is 0.573 e. The van der Waals surface area contributed by atoms with Crippen molar-refractivity contribution in [2.75, 3.05) is 7.05 Å². The number of nitrogens with one attached hydrogen (secondary N) is 1. The third kappa shape index (κ3) is 4.11. The minimum atomic E-state index is -4.65. The predicted octanol–water partition coefficient (Wildman–Crippen LogP) is 3.42. The maximum atomic E-state index is 11.9. The van der Waals surface area contributed by atoms with E-state index < -0.39 is 6.36 Å². The monoisotopic (exact) mass is 245 g/mol. The van der Waals surface area contributed by atoms with E-state index in [1.165, 1.54) is 12.1 Å². The summed E-state index contributed by atoms with van der Waals surface area (Å²) in [6.07, 6.45) is -4.65. The molecule has 0 radical (unpaired) electrons. The molecule has 0 fully saturated rings. The van der Waals surface area contributed by atoms with Crippen molar-refractivity contribution >= 4 is 0 Å². The van der Waals surface area contributed by atoms with Gasteiger partial charge in [-0.1, -0.05) is 24.3 Å². The lowest BCUT2D eigenvalue weighted by atomic mass is 10.0. The van der Waals surface area contributed by atoms with Crippen molar-refractivity contribution in [3.63, 3.8) is 0 Å². The summed E-state index contributed by atoms with van der Waals surface area (Å²) in [5.74, 6) is -0.224. The Hall–Kier alpha value is -1.49. The van der Waals surface area contributed by atoms with Gasteiger partial charge in [-0.05, 0) is 31.7 Å². The van der Waals surface area contributed by atoms with E-state index in [-0.39, 0.29) is 11.8 Å². The lowest BCUT2D eigenvalue weighted by Gasteiger charge is -2.17. The van der Waals surface area contributed by atoms with Crippen LogP contribution in [0.5, 0.6) is 5.75 Å². The summed E-state index contributed by atoms with van der Waals surface area (Å²) < 4.78 is 39.6. The zero-order chi connectivity index (χ0) is 13.1. The van der Waals surface area contributed by atoms with Gasteiger partial charge < -0.3 is 10.1 Å². The molecule has 0 bridgehead atoms. The molecule has 0 aliphatic carbocycles. The fraction of sp³-hybridized carbons (Fsp3) is 0.333. The van der Waals surface area contributed by atoms with Crippen LogP contribution in [0.4, 0.5) is 13.2 Å². The Morgan fingerprint density at radius 2 is 1.82 bits per heavy atom. The Balaban J connectivity index is 2.84. The van der Waals surface area contributed by atoms with E-state index in [0.717, 1.165) is 11.1 Å². The van der Waals surface area contributed by atoms with Gasteiger partial charge in [0.05, 0.1) is 6.04 Å². The summed E-state index contributed by atoms with van der Waals surface area (Å²) in [6.45, 7) is 5.66. The third-order valence-electron chi connectivity index (χ3n) is 2.23. The number of hydrogen-bond acceptors (Lipinski definition) is 2. The quantitative estimate of drug-likeness (QED) is 0.821. The van der Waals surface area contributed by atoms with Crippen LogP contribution in [0.15, 0.2) is 36.4 Å².